The van der Waals surface area contributed by atoms with Gasteiger partial charge in [-0.05, 0) is 46.8 Å². The van der Waals surface area contributed by atoms with Crippen molar-refractivity contribution in [3.8, 4) is 5.75 Å². The molecule has 0 bridgehead atoms. The molecule has 40 heavy (non-hydrogen) atoms. The fourth-order valence-corrected chi connectivity index (χ4v) is 5.76. The maximum absolute atomic E-state index is 13.8. The number of aliphatic hydroxyl groups is 2. The van der Waals surface area contributed by atoms with Gasteiger partial charge in [-0.15, -0.1) is 0 Å². The Morgan fingerprint density at radius 2 is 1.95 bits per heavy atom. The second-order valence-electron chi connectivity index (χ2n) is 9.93. The van der Waals surface area contributed by atoms with Gasteiger partial charge in [-0.1, -0.05) is 18.2 Å². The lowest BCUT2D eigenvalue weighted by Crippen LogP contribution is -2.44. The number of anilines is 1. The predicted octanol–water partition coefficient (Wildman–Crippen LogP) is 2.32. The van der Waals surface area contributed by atoms with E-state index >= 15 is 0 Å². The molecule has 15 heteroatoms. The highest BCUT2D eigenvalue weighted by atomic mass is 31.2. The SMILES string of the molecule is CNc1nc(C)nc2c1ncn2[C@@H]1O[C@H](CO[P@@](=O)(N[C@H](C)C(=O)OC(C)C)Oc2ccccc2)[C@@H](O)[C@@]1(C)O. The lowest BCUT2D eigenvalue weighted by Gasteiger charge is -2.27. The van der Waals surface area contributed by atoms with Crippen molar-refractivity contribution in [2.75, 3.05) is 19.0 Å². The van der Waals surface area contributed by atoms with Crippen LogP contribution in [-0.4, -0.2) is 79.3 Å². The fourth-order valence-electron chi connectivity index (χ4n) is 4.25. The molecule has 3 heterocycles. The number of imidazole rings is 1. The van der Waals surface area contributed by atoms with Crippen LogP contribution >= 0.6 is 7.75 Å². The van der Waals surface area contributed by atoms with Crippen molar-refractivity contribution >= 4 is 30.7 Å². The van der Waals surface area contributed by atoms with Crippen molar-refractivity contribution in [1.29, 1.82) is 0 Å². The van der Waals surface area contributed by atoms with E-state index in [1.54, 1.807) is 58.2 Å². The molecule has 218 valence electrons. The average Bonchev–Trinajstić information content (AvgIpc) is 3.40. The number of hydrogen-bond acceptors (Lipinski definition) is 12. The van der Waals surface area contributed by atoms with Crippen LogP contribution in [0.1, 0.15) is 39.7 Å². The summed E-state index contributed by atoms with van der Waals surface area (Å²) in [6.07, 6.45) is -2.68. The van der Waals surface area contributed by atoms with E-state index in [1.807, 2.05) is 0 Å². The summed E-state index contributed by atoms with van der Waals surface area (Å²) in [4.78, 5) is 25.5. The number of fused-ring (bicyclic) bond motifs is 1. The van der Waals surface area contributed by atoms with Gasteiger partial charge >= 0.3 is 13.7 Å². The van der Waals surface area contributed by atoms with Crippen molar-refractivity contribution in [3.05, 3.63) is 42.5 Å². The van der Waals surface area contributed by atoms with Gasteiger partial charge in [0.1, 0.15) is 35.4 Å². The molecule has 1 aromatic carbocycles. The number of aryl methyl sites for hydroxylation is 1. The Morgan fingerprint density at radius 1 is 1.25 bits per heavy atom. The lowest BCUT2D eigenvalue weighted by atomic mass is 9.96. The molecule has 0 spiro atoms. The zero-order valence-electron chi connectivity index (χ0n) is 23.1. The van der Waals surface area contributed by atoms with Crippen molar-refractivity contribution in [3.63, 3.8) is 0 Å². The third-order valence-corrected chi connectivity index (χ3v) is 7.86. The minimum absolute atomic E-state index is 0.223. The van der Waals surface area contributed by atoms with Crippen LogP contribution in [0.4, 0.5) is 5.82 Å². The maximum atomic E-state index is 13.8. The summed E-state index contributed by atoms with van der Waals surface area (Å²) in [6.45, 7) is 7.51. The number of aromatic nitrogens is 4. The molecule has 0 amide bonds. The molecule has 0 aliphatic carbocycles. The number of nitrogens with zero attached hydrogens (tertiary/aromatic N) is 4. The Bertz CT molecular complexity index is 1380. The Kier molecular flexibility index (Phi) is 8.78. The highest BCUT2D eigenvalue weighted by Gasteiger charge is 2.54. The number of esters is 1. The van der Waals surface area contributed by atoms with Gasteiger partial charge in [0.05, 0.1) is 19.0 Å². The van der Waals surface area contributed by atoms with E-state index in [9.17, 15) is 19.6 Å². The molecule has 1 fully saturated rings. The van der Waals surface area contributed by atoms with Crippen molar-refractivity contribution in [2.45, 2.75) is 70.8 Å². The molecule has 1 saturated heterocycles. The van der Waals surface area contributed by atoms with Crippen LogP contribution in [0.2, 0.25) is 0 Å². The number of aliphatic hydroxyl groups excluding tert-OH is 1. The third kappa shape index (κ3) is 6.27. The molecular formula is C25H35N6O8P. The van der Waals surface area contributed by atoms with Crippen LogP contribution in [-0.2, 0) is 23.4 Å². The van der Waals surface area contributed by atoms with E-state index in [2.05, 4.69) is 25.4 Å². The predicted molar refractivity (Wildman–Crippen MR) is 145 cm³/mol. The van der Waals surface area contributed by atoms with Crippen LogP contribution in [0.5, 0.6) is 5.75 Å². The van der Waals surface area contributed by atoms with Gasteiger partial charge in [-0.25, -0.2) is 19.5 Å². The first-order valence-electron chi connectivity index (χ1n) is 12.8. The summed E-state index contributed by atoms with van der Waals surface area (Å²) < 4.78 is 37.8. The number of ether oxygens (including phenoxy) is 2. The first kappa shape index (κ1) is 29.8. The Balaban J connectivity index is 1.56. The molecule has 0 radical (unpaired) electrons. The van der Waals surface area contributed by atoms with E-state index in [0.717, 1.165) is 0 Å². The molecule has 4 rings (SSSR count). The fraction of sp³-hybridized carbons (Fsp3) is 0.520. The number of carbonyl (C=O) groups excluding carboxylic acids is 1. The highest BCUT2D eigenvalue weighted by Crippen LogP contribution is 2.47. The third-order valence-electron chi connectivity index (χ3n) is 6.21. The van der Waals surface area contributed by atoms with E-state index in [1.165, 1.54) is 24.7 Å². The molecule has 14 nitrogen and oxygen atoms in total. The smallest absolute Gasteiger partial charge is 0.459 e. The molecule has 0 saturated carbocycles. The van der Waals surface area contributed by atoms with Gasteiger partial charge in [0.25, 0.3) is 0 Å². The van der Waals surface area contributed by atoms with Crippen LogP contribution in [0.25, 0.3) is 11.2 Å². The van der Waals surface area contributed by atoms with Crippen molar-refractivity contribution < 1.29 is 38.1 Å². The summed E-state index contributed by atoms with van der Waals surface area (Å²) in [5, 5.41) is 27.8. The largest absolute Gasteiger partial charge is 0.462 e. The number of carbonyl (C=O) groups is 1. The molecular weight excluding hydrogens is 543 g/mol. The second-order valence-corrected chi connectivity index (χ2v) is 11.6. The average molecular weight is 579 g/mol. The molecule has 2 aromatic heterocycles. The molecule has 1 aliphatic heterocycles. The zero-order valence-corrected chi connectivity index (χ0v) is 24.0. The Labute approximate surface area is 231 Å². The van der Waals surface area contributed by atoms with E-state index in [4.69, 9.17) is 18.5 Å². The topological polar surface area (TPSA) is 179 Å². The van der Waals surface area contributed by atoms with Crippen LogP contribution < -0.4 is 14.9 Å². The van der Waals surface area contributed by atoms with Crippen molar-refractivity contribution in [1.82, 2.24) is 24.6 Å². The number of para-hydroxylation sites is 1. The normalized spacial score (nSPS) is 25.1. The van der Waals surface area contributed by atoms with Gasteiger partial charge in [0.15, 0.2) is 23.2 Å². The molecule has 0 unspecified atom stereocenters. The number of hydrogen-bond donors (Lipinski definition) is 4. The van der Waals surface area contributed by atoms with Crippen LogP contribution in [0, 0.1) is 6.92 Å². The van der Waals surface area contributed by atoms with Gasteiger partial charge < -0.3 is 29.5 Å². The van der Waals surface area contributed by atoms with Gasteiger partial charge in [0.2, 0.25) is 0 Å². The maximum Gasteiger partial charge on any atom is 0.459 e. The first-order chi connectivity index (χ1) is 18.8. The summed E-state index contributed by atoms with van der Waals surface area (Å²) in [7, 11) is -2.52. The quantitative estimate of drug-likeness (QED) is 0.193. The highest BCUT2D eigenvalue weighted by molar-refractivity contribution is 7.52. The Hall–Kier alpha value is -3.13. The Morgan fingerprint density at radius 3 is 2.60 bits per heavy atom. The van der Waals surface area contributed by atoms with Crippen LogP contribution in [0.15, 0.2) is 36.7 Å². The summed E-state index contributed by atoms with van der Waals surface area (Å²) in [6, 6.07) is 7.22. The molecule has 6 atom stereocenters. The zero-order chi connectivity index (χ0) is 29.2. The second kappa shape index (κ2) is 11.8. The first-order valence-corrected chi connectivity index (χ1v) is 14.3. The molecule has 4 N–H and O–H groups in total. The van der Waals surface area contributed by atoms with Gasteiger partial charge in [-0.3, -0.25) is 13.9 Å². The minimum Gasteiger partial charge on any atom is -0.462 e. The number of nitrogens with one attached hydrogen (secondary N) is 2. The monoisotopic (exact) mass is 578 g/mol. The molecule has 3 aromatic rings. The summed E-state index contributed by atoms with van der Waals surface area (Å²) in [5.74, 6) is 0.531. The number of rotatable bonds is 11. The minimum atomic E-state index is -4.22. The van der Waals surface area contributed by atoms with Crippen molar-refractivity contribution in [2.24, 2.45) is 0 Å². The standard InChI is InChI=1S/C25H35N6O8P/c1-14(2)37-23(33)15(3)30-40(35,39-17-10-8-7-9-11-17)36-12-18-20(32)25(5,34)24(38-18)31-13-27-19-21(26-6)28-16(4)29-22(19)31/h7-11,13-15,18,20,24,32,34H,12H2,1-6H3,(H,30,35)(H,26,28,29)/t15-,18-,20-,24-,25-,40+/m1/s1. The molecule has 1 aliphatic rings. The number of benzene rings is 1. The van der Waals surface area contributed by atoms with E-state index in [0.29, 0.717) is 22.8 Å². The summed E-state index contributed by atoms with van der Waals surface area (Å²) in [5.41, 5.74) is -0.978. The van der Waals surface area contributed by atoms with E-state index < -0.39 is 50.4 Å². The lowest BCUT2D eigenvalue weighted by molar-refractivity contribution is -0.149. The van der Waals surface area contributed by atoms with Gasteiger partial charge in [0, 0.05) is 7.05 Å². The van der Waals surface area contributed by atoms with Crippen LogP contribution in [0.3, 0.4) is 0 Å². The van der Waals surface area contributed by atoms with E-state index in [-0.39, 0.29) is 11.9 Å². The summed E-state index contributed by atoms with van der Waals surface area (Å²) >= 11 is 0. The van der Waals surface area contributed by atoms with Gasteiger partial charge in [-0.2, -0.15) is 5.09 Å².